The van der Waals surface area contributed by atoms with Gasteiger partial charge in [0.25, 0.3) is 0 Å². The lowest BCUT2D eigenvalue weighted by Crippen LogP contribution is -2.70. The van der Waals surface area contributed by atoms with Gasteiger partial charge in [-0.15, -0.1) is 0 Å². The first-order chi connectivity index (χ1) is 10.1. The van der Waals surface area contributed by atoms with E-state index in [1.165, 1.54) is 19.3 Å². The Balaban J connectivity index is 2.34. The van der Waals surface area contributed by atoms with Crippen molar-refractivity contribution in [1.29, 1.82) is 0 Å². The average molecular weight is 294 g/mol. The molecule has 1 unspecified atom stereocenters. The van der Waals surface area contributed by atoms with Crippen molar-refractivity contribution in [2.75, 3.05) is 13.6 Å². The van der Waals surface area contributed by atoms with Crippen LogP contribution in [-0.4, -0.2) is 46.8 Å². The van der Waals surface area contributed by atoms with Gasteiger partial charge in [0.15, 0.2) is 0 Å². The van der Waals surface area contributed by atoms with E-state index < -0.39 is 5.54 Å². The Morgan fingerprint density at radius 3 is 2.14 bits per heavy atom. The lowest BCUT2D eigenvalue weighted by Gasteiger charge is -2.52. The Kier molecular flexibility index (Phi) is 5.28. The van der Waals surface area contributed by atoms with Gasteiger partial charge in [0.05, 0.1) is 0 Å². The van der Waals surface area contributed by atoms with Gasteiger partial charge in [-0.25, -0.2) is 0 Å². The van der Waals surface area contributed by atoms with E-state index in [1.54, 1.807) is 4.90 Å². The van der Waals surface area contributed by atoms with E-state index in [0.717, 1.165) is 38.5 Å². The van der Waals surface area contributed by atoms with E-state index >= 15 is 0 Å². The van der Waals surface area contributed by atoms with Gasteiger partial charge in [0.2, 0.25) is 11.8 Å². The maximum absolute atomic E-state index is 13.1. The number of piperazine rings is 1. The SMILES string of the molecule is CCCC1C(=O)N(CC)C2(CCCCCCC2)C(=O)N1C. The van der Waals surface area contributed by atoms with Crippen LogP contribution < -0.4 is 0 Å². The highest BCUT2D eigenvalue weighted by molar-refractivity contribution is 5.99. The van der Waals surface area contributed by atoms with E-state index in [4.69, 9.17) is 0 Å². The third kappa shape index (κ3) is 2.82. The fourth-order valence-corrected chi connectivity index (χ4v) is 4.16. The van der Waals surface area contributed by atoms with E-state index in [0.29, 0.717) is 6.54 Å². The first-order valence-corrected chi connectivity index (χ1v) is 8.67. The summed E-state index contributed by atoms with van der Waals surface area (Å²) in [6.07, 6.45) is 9.13. The van der Waals surface area contributed by atoms with Gasteiger partial charge in [-0.2, -0.15) is 0 Å². The van der Waals surface area contributed by atoms with Gasteiger partial charge in [-0.05, 0) is 26.2 Å². The summed E-state index contributed by atoms with van der Waals surface area (Å²) >= 11 is 0. The summed E-state index contributed by atoms with van der Waals surface area (Å²) in [5.74, 6) is 0.353. The van der Waals surface area contributed by atoms with Crippen LogP contribution in [0.25, 0.3) is 0 Å². The summed E-state index contributed by atoms with van der Waals surface area (Å²) < 4.78 is 0. The summed E-state index contributed by atoms with van der Waals surface area (Å²) in [6.45, 7) is 4.74. The van der Waals surface area contributed by atoms with Crippen molar-refractivity contribution in [1.82, 2.24) is 9.80 Å². The Morgan fingerprint density at radius 2 is 1.62 bits per heavy atom. The molecule has 4 heteroatoms. The average Bonchev–Trinajstić information content (AvgIpc) is 2.45. The zero-order chi connectivity index (χ0) is 15.5. The fourth-order valence-electron chi connectivity index (χ4n) is 4.16. The van der Waals surface area contributed by atoms with Crippen LogP contribution in [0, 0.1) is 0 Å². The minimum absolute atomic E-state index is 0.169. The van der Waals surface area contributed by atoms with Crippen molar-refractivity contribution in [2.24, 2.45) is 0 Å². The lowest BCUT2D eigenvalue weighted by atomic mass is 9.78. The van der Waals surface area contributed by atoms with Crippen molar-refractivity contribution in [3.63, 3.8) is 0 Å². The van der Waals surface area contributed by atoms with Crippen molar-refractivity contribution in [3.05, 3.63) is 0 Å². The van der Waals surface area contributed by atoms with E-state index in [-0.39, 0.29) is 17.9 Å². The highest BCUT2D eigenvalue weighted by Crippen LogP contribution is 2.38. The van der Waals surface area contributed by atoms with Crippen LogP contribution in [0.1, 0.15) is 71.6 Å². The molecule has 4 nitrogen and oxygen atoms in total. The molecule has 2 amide bonds. The summed E-state index contributed by atoms with van der Waals surface area (Å²) in [5.41, 5.74) is -0.550. The Morgan fingerprint density at radius 1 is 1.05 bits per heavy atom. The van der Waals surface area contributed by atoms with Crippen LogP contribution in [0.4, 0.5) is 0 Å². The molecule has 1 aliphatic heterocycles. The summed E-state index contributed by atoms with van der Waals surface area (Å²) in [6, 6.07) is -0.251. The van der Waals surface area contributed by atoms with Crippen LogP contribution in [0.5, 0.6) is 0 Å². The predicted molar refractivity (Wildman–Crippen MR) is 83.9 cm³/mol. The lowest BCUT2D eigenvalue weighted by molar-refractivity contribution is -0.171. The largest absolute Gasteiger partial charge is 0.332 e. The van der Waals surface area contributed by atoms with Gasteiger partial charge in [-0.1, -0.05) is 45.4 Å². The molecular weight excluding hydrogens is 264 g/mol. The molecule has 2 aliphatic rings. The number of nitrogens with zero attached hydrogens (tertiary/aromatic N) is 2. The van der Waals surface area contributed by atoms with Crippen LogP contribution >= 0.6 is 0 Å². The molecule has 1 atom stereocenters. The molecule has 21 heavy (non-hydrogen) atoms. The Bertz CT molecular complexity index is 386. The van der Waals surface area contributed by atoms with E-state index in [9.17, 15) is 9.59 Å². The topological polar surface area (TPSA) is 40.6 Å². The highest BCUT2D eigenvalue weighted by Gasteiger charge is 2.53. The predicted octanol–water partition coefficient (Wildman–Crippen LogP) is 2.96. The Hall–Kier alpha value is -1.06. The van der Waals surface area contributed by atoms with Crippen LogP contribution in [0.15, 0.2) is 0 Å². The van der Waals surface area contributed by atoms with Gasteiger partial charge in [0.1, 0.15) is 11.6 Å². The van der Waals surface area contributed by atoms with Crippen molar-refractivity contribution >= 4 is 11.8 Å². The molecular formula is C17H30N2O2. The zero-order valence-electron chi connectivity index (χ0n) is 13.9. The third-order valence-corrected chi connectivity index (χ3v) is 5.31. The van der Waals surface area contributed by atoms with Crippen LogP contribution in [0.3, 0.4) is 0 Å². The maximum atomic E-state index is 13.1. The molecule has 0 aromatic heterocycles. The number of likely N-dealkylation sites (N-methyl/N-ethyl adjacent to an activating group) is 2. The molecule has 1 heterocycles. The fraction of sp³-hybridized carbons (Fsp3) is 0.882. The third-order valence-electron chi connectivity index (χ3n) is 5.31. The van der Waals surface area contributed by atoms with Crippen molar-refractivity contribution in [3.8, 4) is 0 Å². The van der Waals surface area contributed by atoms with Crippen LogP contribution in [-0.2, 0) is 9.59 Å². The minimum atomic E-state index is -0.550. The number of amides is 2. The molecule has 2 fully saturated rings. The summed E-state index contributed by atoms with van der Waals surface area (Å²) in [4.78, 5) is 29.7. The second-order valence-corrected chi connectivity index (χ2v) is 6.60. The van der Waals surface area contributed by atoms with Gasteiger partial charge in [-0.3, -0.25) is 9.59 Å². The first-order valence-electron chi connectivity index (χ1n) is 8.67. The number of rotatable bonds is 3. The molecule has 0 aromatic carbocycles. The molecule has 0 aromatic rings. The van der Waals surface area contributed by atoms with Gasteiger partial charge >= 0.3 is 0 Å². The number of carbonyl (C=O) groups excluding carboxylic acids is 2. The molecule has 0 radical (unpaired) electrons. The summed E-state index contributed by atoms with van der Waals surface area (Å²) in [7, 11) is 1.83. The Labute approximate surface area is 128 Å². The van der Waals surface area contributed by atoms with Gasteiger partial charge in [0, 0.05) is 13.6 Å². The van der Waals surface area contributed by atoms with Gasteiger partial charge < -0.3 is 9.80 Å². The highest BCUT2D eigenvalue weighted by atomic mass is 16.2. The molecule has 2 rings (SSSR count). The first kappa shape index (κ1) is 16.3. The minimum Gasteiger partial charge on any atom is -0.332 e. The molecule has 120 valence electrons. The van der Waals surface area contributed by atoms with E-state index in [1.807, 2.05) is 18.9 Å². The molecule has 1 spiro atoms. The van der Waals surface area contributed by atoms with Crippen molar-refractivity contribution < 1.29 is 9.59 Å². The second kappa shape index (κ2) is 6.80. The standard InChI is InChI=1S/C17H30N2O2/c1-4-11-14-15(20)19(5-2)17(16(21)18(14)3)12-9-7-6-8-10-13-17/h14H,4-13H2,1-3H3. The number of hydrogen-bond acceptors (Lipinski definition) is 2. The smallest absolute Gasteiger partial charge is 0.248 e. The van der Waals surface area contributed by atoms with Crippen LogP contribution in [0.2, 0.25) is 0 Å². The molecule has 0 bridgehead atoms. The molecule has 1 aliphatic carbocycles. The van der Waals surface area contributed by atoms with E-state index in [2.05, 4.69) is 6.92 Å². The monoisotopic (exact) mass is 294 g/mol. The molecule has 1 saturated heterocycles. The summed E-state index contributed by atoms with van der Waals surface area (Å²) in [5, 5.41) is 0. The van der Waals surface area contributed by atoms with Crippen molar-refractivity contribution in [2.45, 2.75) is 83.2 Å². The molecule has 1 saturated carbocycles. The quantitative estimate of drug-likeness (QED) is 0.803. The zero-order valence-corrected chi connectivity index (χ0v) is 13.9. The maximum Gasteiger partial charge on any atom is 0.248 e. The second-order valence-electron chi connectivity index (χ2n) is 6.60. The number of hydrogen-bond donors (Lipinski definition) is 0. The molecule has 0 N–H and O–H groups in total. The number of carbonyl (C=O) groups is 2. The normalized spacial score (nSPS) is 26.9.